The Labute approximate surface area is 141 Å². The summed E-state index contributed by atoms with van der Waals surface area (Å²) in [4.78, 5) is 25.3. The summed E-state index contributed by atoms with van der Waals surface area (Å²) >= 11 is 0. The van der Waals surface area contributed by atoms with Crippen LogP contribution in [0, 0.1) is 11.7 Å². The molecule has 2 rings (SSSR count). The van der Waals surface area contributed by atoms with Gasteiger partial charge < -0.3 is 15.3 Å². The van der Waals surface area contributed by atoms with Gasteiger partial charge in [-0.1, -0.05) is 12.1 Å². The number of aliphatic carboxylic acids is 1. The summed E-state index contributed by atoms with van der Waals surface area (Å²) in [6.45, 7) is 4.28. The van der Waals surface area contributed by atoms with Gasteiger partial charge >= 0.3 is 12.0 Å². The highest BCUT2D eigenvalue weighted by Gasteiger charge is 2.28. The summed E-state index contributed by atoms with van der Waals surface area (Å²) in [5.74, 6) is -1.34. The molecule has 1 aliphatic rings. The minimum absolute atomic E-state index is 0.00501. The van der Waals surface area contributed by atoms with E-state index in [1.165, 1.54) is 12.1 Å². The van der Waals surface area contributed by atoms with Crippen LogP contribution in [0.15, 0.2) is 24.3 Å². The molecule has 2 N–H and O–H groups in total. The first-order valence-electron chi connectivity index (χ1n) is 8.41. The van der Waals surface area contributed by atoms with E-state index >= 15 is 0 Å². The molecule has 1 aromatic rings. The van der Waals surface area contributed by atoms with E-state index in [9.17, 15) is 14.0 Å². The number of urea groups is 1. The molecular weight excluding hydrogens is 311 g/mol. The van der Waals surface area contributed by atoms with Gasteiger partial charge in [0.25, 0.3) is 0 Å². The first-order chi connectivity index (χ1) is 11.4. The van der Waals surface area contributed by atoms with Crippen molar-refractivity contribution in [3.8, 4) is 0 Å². The molecule has 0 spiro atoms. The molecule has 2 amide bonds. The number of nitrogens with one attached hydrogen (secondary N) is 1. The molecule has 1 aromatic carbocycles. The van der Waals surface area contributed by atoms with Crippen molar-refractivity contribution < 1.29 is 19.1 Å². The van der Waals surface area contributed by atoms with Gasteiger partial charge in [-0.15, -0.1) is 0 Å². The number of carbonyl (C=O) groups is 2. The lowest BCUT2D eigenvalue weighted by atomic mass is 9.86. The number of benzene rings is 1. The molecule has 1 fully saturated rings. The Hall–Kier alpha value is -2.11. The van der Waals surface area contributed by atoms with E-state index in [1.54, 1.807) is 17.0 Å². The van der Waals surface area contributed by atoms with Crippen LogP contribution in [0.25, 0.3) is 0 Å². The fraction of sp³-hybridized carbons (Fsp3) is 0.556. The van der Waals surface area contributed by atoms with Gasteiger partial charge in [0.05, 0.1) is 5.92 Å². The van der Waals surface area contributed by atoms with E-state index in [-0.39, 0.29) is 29.8 Å². The molecular formula is C18H25FN2O3. The van der Waals surface area contributed by atoms with Crippen molar-refractivity contribution >= 4 is 12.0 Å². The van der Waals surface area contributed by atoms with Crippen LogP contribution >= 0.6 is 0 Å². The van der Waals surface area contributed by atoms with Gasteiger partial charge in [-0.05, 0) is 57.2 Å². The summed E-state index contributed by atoms with van der Waals surface area (Å²) in [5, 5.41) is 12.0. The zero-order valence-electron chi connectivity index (χ0n) is 14.2. The summed E-state index contributed by atoms with van der Waals surface area (Å²) in [6.07, 6.45) is 2.57. The van der Waals surface area contributed by atoms with Gasteiger partial charge in [-0.3, -0.25) is 4.79 Å². The number of halogens is 1. The zero-order valence-corrected chi connectivity index (χ0v) is 14.2. The summed E-state index contributed by atoms with van der Waals surface area (Å²) in [5.41, 5.74) is 0.870. The van der Waals surface area contributed by atoms with Crippen LogP contribution in [0.1, 0.15) is 45.1 Å². The second-order valence-corrected chi connectivity index (χ2v) is 6.68. The van der Waals surface area contributed by atoms with Crippen LogP contribution in [-0.4, -0.2) is 34.1 Å². The van der Waals surface area contributed by atoms with E-state index < -0.39 is 5.97 Å². The molecule has 5 nitrogen and oxygen atoms in total. The normalized spacial score (nSPS) is 20.7. The second-order valence-electron chi connectivity index (χ2n) is 6.68. The molecule has 0 aromatic heterocycles. The smallest absolute Gasteiger partial charge is 0.318 e. The summed E-state index contributed by atoms with van der Waals surface area (Å²) in [6, 6.07) is 5.99. The van der Waals surface area contributed by atoms with Crippen LogP contribution in [-0.2, 0) is 11.3 Å². The predicted molar refractivity (Wildman–Crippen MR) is 89.0 cm³/mol. The third-order valence-electron chi connectivity index (χ3n) is 4.55. The van der Waals surface area contributed by atoms with Gasteiger partial charge in [0.15, 0.2) is 0 Å². The highest BCUT2D eigenvalue weighted by molar-refractivity contribution is 5.75. The number of hydrogen-bond acceptors (Lipinski definition) is 2. The van der Waals surface area contributed by atoms with E-state index in [0.29, 0.717) is 32.2 Å². The fourth-order valence-corrected chi connectivity index (χ4v) is 3.02. The van der Waals surface area contributed by atoms with E-state index in [1.807, 2.05) is 13.8 Å². The molecule has 132 valence electrons. The van der Waals surface area contributed by atoms with Crippen LogP contribution in [0.2, 0.25) is 0 Å². The first-order valence-corrected chi connectivity index (χ1v) is 8.41. The Morgan fingerprint density at radius 3 is 2.29 bits per heavy atom. The molecule has 0 unspecified atom stereocenters. The Balaban J connectivity index is 1.92. The molecule has 0 heterocycles. The van der Waals surface area contributed by atoms with Gasteiger partial charge in [-0.2, -0.15) is 0 Å². The summed E-state index contributed by atoms with van der Waals surface area (Å²) < 4.78 is 13.0. The SMILES string of the molecule is CC(C)N(Cc1ccc(F)cc1)C(=O)NC1CCC(C(=O)O)CC1. The average Bonchev–Trinajstić information content (AvgIpc) is 2.54. The molecule has 0 atom stereocenters. The van der Waals surface area contributed by atoms with Gasteiger partial charge in [0.1, 0.15) is 5.82 Å². The molecule has 1 saturated carbocycles. The number of carbonyl (C=O) groups excluding carboxylic acids is 1. The third kappa shape index (κ3) is 4.94. The number of carboxylic acids is 1. The van der Waals surface area contributed by atoms with Crippen molar-refractivity contribution in [1.29, 1.82) is 0 Å². The molecule has 24 heavy (non-hydrogen) atoms. The maximum atomic E-state index is 13.0. The predicted octanol–water partition coefficient (Wildman–Crippen LogP) is 3.39. The lowest BCUT2D eigenvalue weighted by molar-refractivity contribution is -0.142. The third-order valence-corrected chi connectivity index (χ3v) is 4.55. The van der Waals surface area contributed by atoms with Crippen molar-refractivity contribution in [3.05, 3.63) is 35.6 Å². The van der Waals surface area contributed by atoms with Crippen molar-refractivity contribution in [3.63, 3.8) is 0 Å². The minimum atomic E-state index is -0.750. The Bertz CT molecular complexity index is 566. The van der Waals surface area contributed by atoms with Crippen LogP contribution in [0.5, 0.6) is 0 Å². The van der Waals surface area contributed by atoms with Gasteiger partial charge in [0.2, 0.25) is 0 Å². The van der Waals surface area contributed by atoms with E-state index in [4.69, 9.17) is 5.11 Å². The van der Waals surface area contributed by atoms with Gasteiger partial charge in [0, 0.05) is 18.6 Å². The quantitative estimate of drug-likeness (QED) is 0.866. The number of nitrogens with zero attached hydrogens (tertiary/aromatic N) is 1. The van der Waals surface area contributed by atoms with E-state index in [0.717, 1.165) is 5.56 Å². The summed E-state index contributed by atoms with van der Waals surface area (Å²) in [7, 11) is 0. The molecule has 0 radical (unpaired) electrons. The second kappa shape index (κ2) is 8.13. The van der Waals surface area contributed by atoms with Crippen molar-refractivity contribution in [2.45, 2.75) is 58.2 Å². The van der Waals surface area contributed by atoms with Crippen LogP contribution in [0.4, 0.5) is 9.18 Å². The molecule has 6 heteroatoms. The lowest BCUT2D eigenvalue weighted by Gasteiger charge is -2.32. The maximum absolute atomic E-state index is 13.0. The zero-order chi connectivity index (χ0) is 17.7. The Morgan fingerprint density at radius 1 is 1.21 bits per heavy atom. The molecule has 0 aliphatic heterocycles. The largest absolute Gasteiger partial charge is 0.481 e. The van der Waals surface area contributed by atoms with Crippen molar-refractivity contribution in [1.82, 2.24) is 10.2 Å². The number of carboxylic acid groups (broad SMARTS) is 1. The highest BCUT2D eigenvalue weighted by Crippen LogP contribution is 2.24. The average molecular weight is 336 g/mol. The topological polar surface area (TPSA) is 69.6 Å². The first kappa shape index (κ1) is 18.2. The standard InChI is InChI=1S/C18H25FN2O3/c1-12(2)21(11-13-3-7-15(19)8-4-13)18(24)20-16-9-5-14(6-10-16)17(22)23/h3-4,7-8,12,14,16H,5-6,9-11H2,1-2H3,(H,20,24)(H,22,23). The van der Waals surface area contributed by atoms with Crippen molar-refractivity contribution in [2.24, 2.45) is 5.92 Å². The number of rotatable bonds is 5. The van der Waals surface area contributed by atoms with E-state index in [2.05, 4.69) is 5.32 Å². The number of amides is 2. The highest BCUT2D eigenvalue weighted by atomic mass is 19.1. The molecule has 0 bridgehead atoms. The van der Waals surface area contributed by atoms with Crippen LogP contribution in [0.3, 0.4) is 0 Å². The maximum Gasteiger partial charge on any atom is 0.318 e. The van der Waals surface area contributed by atoms with Crippen molar-refractivity contribution in [2.75, 3.05) is 0 Å². The molecule has 1 aliphatic carbocycles. The Morgan fingerprint density at radius 2 is 1.79 bits per heavy atom. The number of hydrogen-bond donors (Lipinski definition) is 2. The Kier molecular flexibility index (Phi) is 6.17. The van der Waals surface area contributed by atoms with Crippen LogP contribution < -0.4 is 5.32 Å². The fourth-order valence-electron chi connectivity index (χ4n) is 3.02. The molecule has 0 saturated heterocycles. The van der Waals surface area contributed by atoms with Gasteiger partial charge in [-0.25, -0.2) is 9.18 Å². The lowest BCUT2D eigenvalue weighted by Crippen LogP contribution is -2.48. The monoisotopic (exact) mass is 336 g/mol. The minimum Gasteiger partial charge on any atom is -0.481 e.